The fraction of sp³-hybridized carbons (Fsp3) is 0.533. The molecule has 0 spiro atoms. The second-order valence-electron chi connectivity index (χ2n) is 4.48. The van der Waals surface area contributed by atoms with Gasteiger partial charge >= 0.3 is 0 Å². The highest BCUT2D eigenvalue weighted by molar-refractivity contribution is 5.77. The van der Waals surface area contributed by atoms with Crippen molar-refractivity contribution in [2.75, 3.05) is 27.3 Å². The third-order valence-corrected chi connectivity index (χ3v) is 2.95. The van der Waals surface area contributed by atoms with Crippen LogP contribution in [-0.4, -0.2) is 33.2 Å². The zero-order valence-electron chi connectivity index (χ0n) is 12.5. The van der Waals surface area contributed by atoms with Crippen molar-refractivity contribution in [3.8, 4) is 11.5 Å². The SMILES string of the molecule is CCCCNC(=O)CNCc1ccc(OC)cc1OC. The maximum Gasteiger partial charge on any atom is 0.233 e. The topological polar surface area (TPSA) is 59.6 Å². The van der Waals surface area contributed by atoms with E-state index in [1.54, 1.807) is 14.2 Å². The van der Waals surface area contributed by atoms with Gasteiger partial charge in [-0.2, -0.15) is 0 Å². The molecule has 0 radical (unpaired) electrons. The summed E-state index contributed by atoms with van der Waals surface area (Å²) >= 11 is 0. The number of carbonyl (C=O) groups is 1. The van der Waals surface area contributed by atoms with Gasteiger partial charge in [-0.1, -0.05) is 19.4 Å². The van der Waals surface area contributed by atoms with Crippen LogP contribution in [0.15, 0.2) is 18.2 Å². The second kappa shape index (κ2) is 9.20. The summed E-state index contributed by atoms with van der Waals surface area (Å²) in [5.74, 6) is 1.53. The first-order valence-electron chi connectivity index (χ1n) is 6.89. The zero-order valence-corrected chi connectivity index (χ0v) is 12.5. The van der Waals surface area contributed by atoms with Crippen molar-refractivity contribution in [3.63, 3.8) is 0 Å². The van der Waals surface area contributed by atoms with Crippen LogP contribution in [0.4, 0.5) is 0 Å². The van der Waals surface area contributed by atoms with Crippen molar-refractivity contribution in [1.29, 1.82) is 0 Å². The molecular formula is C15H24N2O3. The Labute approximate surface area is 120 Å². The number of hydrogen-bond acceptors (Lipinski definition) is 4. The molecule has 0 atom stereocenters. The Balaban J connectivity index is 2.39. The molecule has 0 bridgehead atoms. The molecule has 5 heteroatoms. The third-order valence-electron chi connectivity index (χ3n) is 2.95. The van der Waals surface area contributed by atoms with Crippen LogP contribution in [0.3, 0.4) is 0 Å². The standard InChI is InChI=1S/C15H24N2O3/c1-4-5-8-17-15(18)11-16-10-12-6-7-13(19-2)9-14(12)20-3/h6-7,9,16H,4-5,8,10-11H2,1-3H3,(H,17,18). The molecule has 1 amide bonds. The van der Waals surface area contributed by atoms with Gasteiger partial charge in [0.15, 0.2) is 0 Å². The minimum atomic E-state index is 0.0194. The Kier molecular flexibility index (Phi) is 7.50. The van der Waals surface area contributed by atoms with Crippen LogP contribution >= 0.6 is 0 Å². The van der Waals surface area contributed by atoms with Crippen LogP contribution in [0.2, 0.25) is 0 Å². The molecule has 0 saturated carbocycles. The summed E-state index contributed by atoms with van der Waals surface area (Å²) in [6.45, 7) is 3.72. The van der Waals surface area contributed by atoms with Gasteiger partial charge in [-0.3, -0.25) is 4.79 Å². The minimum Gasteiger partial charge on any atom is -0.497 e. The van der Waals surface area contributed by atoms with Gasteiger partial charge in [0, 0.05) is 24.7 Å². The lowest BCUT2D eigenvalue weighted by Gasteiger charge is -2.11. The molecule has 0 aromatic heterocycles. The van der Waals surface area contributed by atoms with Crippen LogP contribution in [0.1, 0.15) is 25.3 Å². The highest BCUT2D eigenvalue weighted by atomic mass is 16.5. The van der Waals surface area contributed by atoms with Crippen LogP contribution < -0.4 is 20.1 Å². The Hall–Kier alpha value is -1.75. The maximum atomic E-state index is 11.5. The van der Waals surface area contributed by atoms with E-state index >= 15 is 0 Å². The summed E-state index contributed by atoms with van der Waals surface area (Å²) in [7, 11) is 3.24. The molecule has 1 rings (SSSR count). The van der Waals surface area contributed by atoms with Gasteiger partial charge in [-0.05, 0) is 12.5 Å². The van der Waals surface area contributed by atoms with E-state index in [2.05, 4.69) is 17.6 Å². The Morgan fingerprint density at radius 2 is 2.05 bits per heavy atom. The fourth-order valence-corrected chi connectivity index (χ4v) is 1.78. The largest absolute Gasteiger partial charge is 0.497 e. The number of methoxy groups -OCH3 is 2. The molecule has 5 nitrogen and oxygen atoms in total. The Morgan fingerprint density at radius 3 is 2.70 bits per heavy atom. The number of nitrogens with one attached hydrogen (secondary N) is 2. The number of hydrogen-bond donors (Lipinski definition) is 2. The van der Waals surface area contributed by atoms with Crippen LogP contribution in [0.5, 0.6) is 11.5 Å². The van der Waals surface area contributed by atoms with Gasteiger partial charge in [-0.15, -0.1) is 0 Å². The fourth-order valence-electron chi connectivity index (χ4n) is 1.78. The van der Waals surface area contributed by atoms with Crippen molar-refractivity contribution in [1.82, 2.24) is 10.6 Å². The molecule has 112 valence electrons. The molecule has 2 N–H and O–H groups in total. The molecule has 1 aromatic carbocycles. The van der Waals surface area contributed by atoms with Gasteiger partial charge in [0.2, 0.25) is 5.91 Å². The molecule has 0 heterocycles. The van der Waals surface area contributed by atoms with Crippen molar-refractivity contribution in [3.05, 3.63) is 23.8 Å². The first-order chi connectivity index (χ1) is 9.71. The second-order valence-corrected chi connectivity index (χ2v) is 4.48. The third kappa shape index (κ3) is 5.48. The molecule has 0 unspecified atom stereocenters. The summed E-state index contributed by atoms with van der Waals surface area (Å²) in [6.07, 6.45) is 2.09. The van der Waals surface area contributed by atoms with Gasteiger partial charge in [-0.25, -0.2) is 0 Å². The number of rotatable bonds is 9. The average Bonchev–Trinajstić information content (AvgIpc) is 2.47. The lowest BCUT2D eigenvalue weighted by molar-refractivity contribution is -0.120. The summed E-state index contributed by atoms with van der Waals surface area (Å²) < 4.78 is 10.4. The maximum absolute atomic E-state index is 11.5. The number of amides is 1. The molecule has 0 fully saturated rings. The normalized spacial score (nSPS) is 10.2. The van der Waals surface area contributed by atoms with Crippen molar-refractivity contribution >= 4 is 5.91 Å². The van der Waals surface area contributed by atoms with E-state index < -0.39 is 0 Å². The summed E-state index contributed by atoms with van der Waals surface area (Å²) in [6, 6.07) is 5.64. The lowest BCUT2D eigenvalue weighted by Crippen LogP contribution is -2.34. The molecule has 0 aliphatic rings. The number of ether oxygens (including phenoxy) is 2. The van der Waals surface area contributed by atoms with Crippen LogP contribution in [0.25, 0.3) is 0 Å². The Bertz CT molecular complexity index is 422. The average molecular weight is 280 g/mol. The summed E-state index contributed by atoms with van der Waals surface area (Å²) in [4.78, 5) is 11.5. The van der Waals surface area contributed by atoms with Crippen LogP contribution in [0, 0.1) is 0 Å². The highest BCUT2D eigenvalue weighted by Crippen LogP contribution is 2.24. The van der Waals surface area contributed by atoms with E-state index in [0.717, 1.165) is 36.4 Å². The van der Waals surface area contributed by atoms with Crippen LogP contribution in [-0.2, 0) is 11.3 Å². The van der Waals surface area contributed by atoms with E-state index in [1.807, 2.05) is 18.2 Å². The number of unbranched alkanes of at least 4 members (excludes halogenated alkanes) is 1. The first-order valence-corrected chi connectivity index (χ1v) is 6.89. The molecule has 20 heavy (non-hydrogen) atoms. The van der Waals surface area contributed by atoms with Gasteiger partial charge in [0.05, 0.1) is 20.8 Å². The Morgan fingerprint density at radius 1 is 1.25 bits per heavy atom. The predicted molar refractivity (Wildman–Crippen MR) is 79.2 cm³/mol. The van der Waals surface area contributed by atoms with Crippen molar-refractivity contribution < 1.29 is 14.3 Å². The van der Waals surface area contributed by atoms with E-state index in [1.165, 1.54) is 0 Å². The van der Waals surface area contributed by atoms with E-state index in [4.69, 9.17) is 9.47 Å². The zero-order chi connectivity index (χ0) is 14.8. The van der Waals surface area contributed by atoms with E-state index in [-0.39, 0.29) is 5.91 Å². The molecule has 0 aliphatic carbocycles. The van der Waals surface area contributed by atoms with E-state index in [9.17, 15) is 4.79 Å². The molecule has 1 aromatic rings. The molecule has 0 saturated heterocycles. The number of benzene rings is 1. The smallest absolute Gasteiger partial charge is 0.233 e. The number of carbonyl (C=O) groups excluding carboxylic acids is 1. The first kappa shape index (κ1) is 16.3. The molecule has 0 aliphatic heterocycles. The van der Waals surface area contributed by atoms with Gasteiger partial charge in [0.1, 0.15) is 11.5 Å². The quantitative estimate of drug-likeness (QED) is 0.676. The summed E-state index contributed by atoms with van der Waals surface area (Å²) in [5, 5.41) is 5.97. The van der Waals surface area contributed by atoms with Crippen molar-refractivity contribution in [2.45, 2.75) is 26.3 Å². The predicted octanol–water partition coefficient (Wildman–Crippen LogP) is 1.71. The lowest BCUT2D eigenvalue weighted by atomic mass is 10.2. The molecular weight excluding hydrogens is 256 g/mol. The monoisotopic (exact) mass is 280 g/mol. The van der Waals surface area contributed by atoms with Gasteiger partial charge < -0.3 is 20.1 Å². The van der Waals surface area contributed by atoms with Crippen molar-refractivity contribution in [2.24, 2.45) is 0 Å². The highest BCUT2D eigenvalue weighted by Gasteiger charge is 2.06. The summed E-state index contributed by atoms with van der Waals surface area (Å²) in [5.41, 5.74) is 0.995. The van der Waals surface area contributed by atoms with Gasteiger partial charge in [0.25, 0.3) is 0 Å². The minimum absolute atomic E-state index is 0.0194. The van der Waals surface area contributed by atoms with E-state index in [0.29, 0.717) is 13.1 Å².